The lowest BCUT2D eigenvalue weighted by molar-refractivity contribution is 0.768. The van der Waals surface area contributed by atoms with Gasteiger partial charge in [-0.25, -0.2) is 4.98 Å². The van der Waals surface area contributed by atoms with Crippen LogP contribution in [0.1, 0.15) is 22.3 Å². The lowest BCUT2D eigenvalue weighted by atomic mass is 9.67. The second-order valence-corrected chi connectivity index (χ2v) is 19.4. The first-order valence-corrected chi connectivity index (χ1v) is 25.6. The number of rotatable bonds is 8. The molecule has 0 N–H and O–H groups in total. The van der Waals surface area contributed by atoms with E-state index in [0.29, 0.717) is 17.6 Å². The molecule has 1 aliphatic carbocycles. The Morgan fingerprint density at radius 1 is 0.293 bits per heavy atom. The molecule has 14 aromatic rings. The van der Waals surface area contributed by atoms with Gasteiger partial charge in [-0.05, 0) is 74.3 Å². The van der Waals surface area contributed by atoms with E-state index in [-0.39, 0.29) is 0 Å². The van der Waals surface area contributed by atoms with Gasteiger partial charge in [-0.1, -0.05) is 249 Å². The van der Waals surface area contributed by atoms with Crippen molar-refractivity contribution in [1.82, 2.24) is 24.1 Å². The summed E-state index contributed by atoms with van der Waals surface area (Å²) in [5, 5.41) is 4.52. The van der Waals surface area contributed by atoms with Crippen LogP contribution in [-0.2, 0) is 5.41 Å². The Hall–Kier alpha value is -9.97. The number of hydrogen-bond donors (Lipinski definition) is 0. The molecule has 3 heterocycles. The standard InChI is InChI=1S/C70H45N5/c1-5-23-46(24-6-1)52-37-22-42-63(64(52)47-25-7-2-8-26-47)74-61-40-19-15-35-55(61)57-43-44-58-56-36-16-20-41-62(56)75(66(58)65(57)74)69-72-67(48-27-9-3-10-28-48)71-68(73-69)49-29-21-32-51(45-49)70(50-30-11-4-12-31-50)59-38-17-13-33-53(59)54-34-14-18-39-60(54)70/h1-45H. The molecule has 0 radical (unpaired) electrons. The molecule has 0 spiro atoms. The maximum atomic E-state index is 5.64. The molecule has 11 aromatic carbocycles. The van der Waals surface area contributed by atoms with Crippen molar-refractivity contribution < 1.29 is 0 Å². The van der Waals surface area contributed by atoms with Crippen LogP contribution in [0, 0.1) is 0 Å². The number of hydrogen-bond acceptors (Lipinski definition) is 3. The van der Waals surface area contributed by atoms with Crippen molar-refractivity contribution in [1.29, 1.82) is 0 Å². The summed E-state index contributed by atoms with van der Waals surface area (Å²) in [6.45, 7) is 0. The van der Waals surface area contributed by atoms with E-state index in [4.69, 9.17) is 15.0 Å². The quantitative estimate of drug-likeness (QED) is 0.152. The Labute approximate surface area is 434 Å². The van der Waals surface area contributed by atoms with E-state index in [9.17, 15) is 0 Å². The molecular formula is C70H45N5. The first-order chi connectivity index (χ1) is 37.2. The van der Waals surface area contributed by atoms with E-state index >= 15 is 0 Å². The van der Waals surface area contributed by atoms with Crippen molar-refractivity contribution >= 4 is 43.6 Å². The molecule has 3 aromatic heterocycles. The van der Waals surface area contributed by atoms with E-state index in [1.807, 2.05) is 18.2 Å². The average Bonchev–Trinajstić information content (AvgIpc) is 4.26. The van der Waals surface area contributed by atoms with Crippen molar-refractivity contribution in [3.05, 3.63) is 295 Å². The van der Waals surface area contributed by atoms with Gasteiger partial charge in [-0.15, -0.1) is 0 Å². The average molecular weight is 956 g/mol. The number of aromatic nitrogens is 5. The molecule has 0 aliphatic heterocycles. The van der Waals surface area contributed by atoms with Gasteiger partial charge < -0.3 is 4.57 Å². The van der Waals surface area contributed by atoms with Gasteiger partial charge in [0.2, 0.25) is 5.95 Å². The smallest absolute Gasteiger partial charge is 0.238 e. The second-order valence-electron chi connectivity index (χ2n) is 19.4. The predicted molar refractivity (Wildman–Crippen MR) is 308 cm³/mol. The highest BCUT2D eigenvalue weighted by molar-refractivity contribution is 6.24. The first-order valence-electron chi connectivity index (χ1n) is 25.6. The predicted octanol–water partition coefficient (Wildman–Crippen LogP) is 17.1. The van der Waals surface area contributed by atoms with Crippen molar-refractivity contribution in [3.8, 4) is 67.8 Å². The number of benzene rings is 11. The fourth-order valence-electron chi connectivity index (χ4n) is 12.4. The van der Waals surface area contributed by atoms with Gasteiger partial charge >= 0.3 is 0 Å². The van der Waals surface area contributed by atoms with Crippen LogP contribution in [0.3, 0.4) is 0 Å². The zero-order valence-corrected chi connectivity index (χ0v) is 40.7. The molecule has 1 aliphatic rings. The van der Waals surface area contributed by atoms with Crippen LogP contribution in [0.4, 0.5) is 0 Å². The molecular weight excluding hydrogens is 911 g/mol. The summed E-state index contributed by atoms with van der Waals surface area (Å²) in [5.41, 5.74) is 18.4. The molecule has 350 valence electrons. The van der Waals surface area contributed by atoms with Gasteiger partial charge in [0.25, 0.3) is 0 Å². The summed E-state index contributed by atoms with van der Waals surface area (Å²) in [4.78, 5) is 16.5. The molecule has 0 saturated heterocycles. The van der Waals surface area contributed by atoms with Gasteiger partial charge in [-0.2, -0.15) is 9.97 Å². The lowest BCUT2D eigenvalue weighted by Gasteiger charge is -2.34. The largest absolute Gasteiger partial charge is 0.307 e. The zero-order valence-electron chi connectivity index (χ0n) is 40.7. The third kappa shape index (κ3) is 6.48. The molecule has 0 amide bonds. The minimum atomic E-state index is -0.592. The molecule has 75 heavy (non-hydrogen) atoms. The van der Waals surface area contributed by atoms with Crippen LogP contribution in [-0.4, -0.2) is 24.1 Å². The van der Waals surface area contributed by atoms with Crippen LogP contribution >= 0.6 is 0 Å². The summed E-state index contributed by atoms with van der Waals surface area (Å²) < 4.78 is 4.78. The number of para-hydroxylation sites is 2. The topological polar surface area (TPSA) is 48.5 Å². The van der Waals surface area contributed by atoms with E-state index in [1.165, 1.54) is 27.8 Å². The van der Waals surface area contributed by atoms with E-state index in [0.717, 1.165) is 88.2 Å². The monoisotopic (exact) mass is 955 g/mol. The highest BCUT2D eigenvalue weighted by atomic mass is 15.2. The normalized spacial score (nSPS) is 12.6. The minimum absolute atomic E-state index is 0.537. The van der Waals surface area contributed by atoms with Crippen molar-refractivity contribution in [2.24, 2.45) is 0 Å². The van der Waals surface area contributed by atoms with E-state index in [1.54, 1.807) is 0 Å². The van der Waals surface area contributed by atoms with E-state index in [2.05, 4.69) is 264 Å². The first kappa shape index (κ1) is 42.7. The van der Waals surface area contributed by atoms with Crippen LogP contribution in [0.2, 0.25) is 0 Å². The van der Waals surface area contributed by atoms with Crippen LogP contribution < -0.4 is 0 Å². The lowest BCUT2D eigenvalue weighted by Crippen LogP contribution is -2.28. The van der Waals surface area contributed by atoms with Gasteiger partial charge in [0.1, 0.15) is 0 Å². The second kappa shape index (κ2) is 17.1. The Kier molecular flexibility index (Phi) is 9.72. The maximum Gasteiger partial charge on any atom is 0.238 e. The maximum absolute atomic E-state index is 5.64. The molecule has 15 rings (SSSR count). The van der Waals surface area contributed by atoms with Crippen molar-refractivity contribution in [3.63, 3.8) is 0 Å². The SMILES string of the molecule is c1ccc(-c2nc(-c3cccc(C4(c5ccccc5)c5ccccc5-c5ccccc54)c3)nc(-n3c4ccccc4c4ccc5c6ccccc6n(-c6cccc(-c7ccccc7)c6-c6ccccc6)c5c43)n2)cc1. The van der Waals surface area contributed by atoms with Gasteiger partial charge in [0.15, 0.2) is 11.6 Å². The summed E-state index contributed by atoms with van der Waals surface area (Å²) in [5.74, 6) is 1.72. The summed E-state index contributed by atoms with van der Waals surface area (Å²) in [7, 11) is 0. The Morgan fingerprint density at radius 3 is 1.39 bits per heavy atom. The molecule has 5 nitrogen and oxygen atoms in total. The third-order valence-corrected chi connectivity index (χ3v) is 15.5. The molecule has 0 unspecified atom stereocenters. The van der Waals surface area contributed by atoms with Crippen LogP contribution in [0.5, 0.6) is 0 Å². The van der Waals surface area contributed by atoms with Gasteiger partial charge in [0.05, 0.1) is 33.2 Å². The van der Waals surface area contributed by atoms with Crippen LogP contribution in [0.25, 0.3) is 111 Å². The summed E-state index contributed by atoms with van der Waals surface area (Å²) in [6, 6.07) is 98.2. The number of fused-ring (bicyclic) bond motifs is 10. The highest BCUT2D eigenvalue weighted by Gasteiger charge is 2.46. The minimum Gasteiger partial charge on any atom is -0.307 e. The number of nitrogens with zero attached hydrogens (tertiary/aromatic N) is 5. The Morgan fingerprint density at radius 2 is 0.747 bits per heavy atom. The fraction of sp³-hybridized carbons (Fsp3) is 0.0143. The van der Waals surface area contributed by atoms with Gasteiger partial charge in [-0.3, -0.25) is 4.57 Å². The van der Waals surface area contributed by atoms with E-state index < -0.39 is 5.41 Å². The molecule has 0 bridgehead atoms. The molecule has 0 atom stereocenters. The van der Waals surface area contributed by atoms with Crippen molar-refractivity contribution in [2.45, 2.75) is 5.41 Å². The molecule has 0 fully saturated rings. The van der Waals surface area contributed by atoms with Crippen molar-refractivity contribution in [2.75, 3.05) is 0 Å². The van der Waals surface area contributed by atoms with Gasteiger partial charge in [0, 0.05) is 38.2 Å². The Bertz CT molecular complexity index is 4470. The zero-order chi connectivity index (χ0) is 49.5. The summed E-state index contributed by atoms with van der Waals surface area (Å²) in [6.07, 6.45) is 0. The van der Waals surface area contributed by atoms with Crippen LogP contribution in [0.15, 0.2) is 273 Å². The fourth-order valence-corrected chi connectivity index (χ4v) is 12.4. The Balaban J connectivity index is 1.03. The highest BCUT2D eigenvalue weighted by Crippen LogP contribution is 2.56. The molecule has 5 heteroatoms. The third-order valence-electron chi connectivity index (χ3n) is 15.5. The summed E-state index contributed by atoms with van der Waals surface area (Å²) >= 11 is 0. The molecule has 0 saturated carbocycles.